The van der Waals surface area contributed by atoms with E-state index in [2.05, 4.69) is 45.9 Å². The molecule has 0 aromatic heterocycles. The molecule has 0 saturated carbocycles. The Hall–Kier alpha value is -0.850. The summed E-state index contributed by atoms with van der Waals surface area (Å²) in [5.41, 5.74) is 0.767. The van der Waals surface area contributed by atoms with Gasteiger partial charge < -0.3 is 20.3 Å². The molecule has 2 aliphatic rings. The Morgan fingerprint density at radius 1 is 1.26 bits per heavy atom. The van der Waals surface area contributed by atoms with E-state index in [9.17, 15) is 4.79 Å². The maximum absolute atomic E-state index is 12.6. The highest BCUT2D eigenvalue weighted by molar-refractivity contribution is 5.86. The van der Waals surface area contributed by atoms with E-state index in [4.69, 9.17) is 4.74 Å². The number of rotatable bonds is 7. The van der Waals surface area contributed by atoms with Crippen LogP contribution in [0, 0.1) is 5.92 Å². The summed E-state index contributed by atoms with van der Waals surface area (Å²) in [5, 5.41) is 6.45. The van der Waals surface area contributed by atoms with Crippen LogP contribution in [-0.4, -0.2) is 62.8 Å². The predicted octanol–water partition coefficient (Wildman–Crippen LogP) is 2.28. The Morgan fingerprint density at radius 2 is 1.96 bits per heavy atom. The molecule has 2 fully saturated rings. The van der Waals surface area contributed by atoms with Crippen LogP contribution in [-0.2, 0) is 16.0 Å². The first kappa shape index (κ1) is 24.2. The summed E-state index contributed by atoms with van der Waals surface area (Å²) in [7, 11) is 1.66. The molecule has 1 amide bonds. The summed E-state index contributed by atoms with van der Waals surface area (Å²) in [6, 6.07) is 10.6. The van der Waals surface area contributed by atoms with Crippen molar-refractivity contribution in [2.75, 3.05) is 46.4 Å². The van der Waals surface area contributed by atoms with Gasteiger partial charge in [0.1, 0.15) is 5.60 Å². The fourth-order valence-corrected chi connectivity index (χ4v) is 3.97. The summed E-state index contributed by atoms with van der Waals surface area (Å²) < 4.78 is 5.60. The van der Waals surface area contributed by atoms with Crippen LogP contribution in [0.3, 0.4) is 0 Å². The van der Waals surface area contributed by atoms with Gasteiger partial charge in [0.2, 0.25) is 0 Å². The molecule has 2 aliphatic heterocycles. The van der Waals surface area contributed by atoms with Crippen LogP contribution in [0.1, 0.15) is 24.8 Å². The first-order chi connectivity index (χ1) is 12.2. The number of carbonyl (C=O) groups excluding carboxylic acids is 1. The minimum Gasteiger partial charge on any atom is -0.368 e. The van der Waals surface area contributed by atoms with Crippen molar-refractivity contribution in [1.82, 2.24) is 15.5 Å². The molecular formula is C20H33Cl2N3O2. The van der Waals surface area contributed by atoms with E-state index >= 15 is 0 Å². The van der Waals surface area contributed by atoms with Crippen LogP contribution in [0.25, 0.3) is 0 Å². The van der Waals surface area contributed by atoms with Crippen molar-refractivity contribution >= 4 is 30.7 Å². The second kappa shape index (κ2) is 11.9. The Balaban J connectivity index is 0.00000182. The molecule has 154 valence electrons. The standard InChI is InChI=1S/C20H31N3O2.2ClH/c1-25-20(9-11-21-12-10-20)19(24)22-15-18-8-14-23(16-18)13-7-17-5-3-2-4-6-17;;/h2-6,18,21H,7-16H2,1H3,(H,22,24);2*1H. The first-order valence-electron chi connectivity index (χ1n) is 9.52. The number of nitrogens with zero attached hydrogens (tertiary/aromatic N) is 1. The normalized spacial score (nSPS) is 21.7. The van der Waals surface area contributed by atoms with Crippen LogP contribution >= 0.6 is 24.8 Å². The van der Waals surface area contributed by atoms with E-state index in [1.807, 2.05) is 0 Å². The molecule has 3 rings (SSSR count). The van der Waals surface area contributed by atoms with Crippen molar-refractivity contribution in [3.05, 3.63) is 35.9 Å². The van der Waals surface area contributed by atoms with E-state index in [1.54, 1.807) is 7.11 Å². The second-order valence-corrected chi connectivity index (χ2v) is 7.35. The number of methoxy groups -OCH3 is 1. The van der Waals surface area contributed by atoms with E-state index in [0.717, 1.165) is 65.0 Å². The third kappa shape index (κ3) is 6.61. The van der Waals surface area contributed by atoms with Crippen LogP contribution < -0.4 is 10.6 Å². The summed E-state index contributed by atoms with van der Waals surface area (Å²) in [6.07, 6.45) is 3.77. The quantitative estimate of drug-likeness (QED) is 0.714. The van der Waals surface area contributed by atoms with Crippen molar-refractivity contribution < 1.29 is 9.53 Å². The maximum Gasteiger partial charge on any atom is 0.252 e. The van der Waals surface area contributed by atoms with Gasteiger partial charge in [0.15, 0.2) is 0 Å². The molecule has 0 spiro atoms. The highest BCUT2D eigenvalue weighted by Gasteiger charge is 2.39. The van der Waals surface area contributed by atoms with Crippen molar-refractivity contribution in [1.29, 1.82) is 0 Å². The Morgan fingerprint density at radius 3 is 2.63 bits per heavy atom. The fourth-order valence-electron chi connectivity index (χ4n) is 3.97. The summed E-state index contributed by atoms with van der Waals surface area (Å²) >= 11 is 0. The summed E-state index contributed by atoms with van der Waals surface area (Å²) in [5.74, 6) is 0.620. The highest BCUT2D eigenvalue weighted by Crippen LogP contribution is 2.23. The second-order valence-electron chi connectivity index (χ2n) is 7.35. The van der Waals surface area contributed by atoms with Crippen LogP contribution in [0.2, 0.25) is 0 Å². The number of likely N-dealkylation sites (tertiary alicyclic amines) is 1. The van der Waals surface area contributed by atoms with Crippen molar-refractivity contribution in [2.45, 2.75) is 31.3 Å². The predicted molar refractivity (Wildman–Crippen MR) is 114 cm³/mol. The van der Waals surface area contributed by atoms with Crippen LogP contribution in [0.4, 0.5) is 0 Å². The highest BCUT2D eigenvalue weighted by atomic mass is 35.5. The fraction of sp³-hybridized carbons (Fsp3) is 0.650. The monoisotopic (exact) mass is 417 g/mol. The average molecular weight is 418 g/mol. The molecule has 2 N–H and O–H groups in total. The molecule has 27 heavy (non-hydrogen) atoms. The minimum absolute atomic E-state index is 0. The third-order valence-electron chi connectivity index (χ3n) is 5.70. The maximum atomic E-state index is 12.6. The van der Waals surface area contributed by atoms with Gasteiger partial charge in [-0.15, -0.1) is 24.8 Å². The average Bonchev–Trinajstić information content (AvgIpc) is 3.13. The minimum atomic E-state index is -0.628. The lowest BCUT2D eigenvalue weighted by atomic mass is 9.91. The van der Waals surface area contributed by atoms with Gasteiger partial charge in [-0.3, -0.25) is 4.79 Å². The van der Waals surface area contributed by atoms with E-state index in [1.165, 1.54) is 5.56 Å². The molecule has 1 unspecified atom stereocenters. The molecule has 5 nitrogen and oxygen atoms in total. The molecular weight excluding hydrogens is 385 g/mol. The largest absolute Gasteiger partial charge is 0.368 e. The smallest absolute Gasteiger partial charge is 0.252 e. The zero-order chi connectivity index (χ0) is 17.5. The van der Waals surface area contributed by atoms with E-state index in [-0.39, 0.29) is 30.7 Å². The van der Waals surface area contributed by atoms with Crippen LogP contribution in [0.5, 0.6) is 0 Å². The number of hydrogen-bond donors (Lipinski definition) is 2. The molecule has 2 saturated heterocycles. The van der Waals surface area contributed by atoms with Crippen molar-refractivity contribution in [2.24, 2.45) is 5.92 Å². The van der Waals surface area contributed by atoms with Gasteiger partial charge in [-0.2, -0.15) is 0 Å². The van der Waals surface area contributed by atoms with Gasteiger partial charge in [-0.1, -0.05) is 30.3 Å². The zero-order valence-corrected chi connectivity index (χ0v) is 17.7. The summed E-state index contributed by atoms with van der Waals surface area (Å²) in [6.45, 7) is 5.76. The van der Waals surface area contributed by atoms with Gasteiger partial charge in [0.25, 0.3) is 5.91 Å². The Bertz CT molecular complexity index is 553. The molecule has 0 bridgehead atoms. The lowest BCUT2D eigenvalue weighted by molar-refractivity contribution is -0.146. The molecule has 1 atom stereocenters. The molecule has 0 aliphatic carbocycles. The summed E-state index contributed by atoms with van der Waals surface area (Å²) in [4.78, 5) is 15.1. The lowest BCUT2D eigenvalue weighted by Crippen LogP contribution is -2.54. The van der Waals surface area contributed by atoms with Crippen molar-refractivity contribution in [3.8, 4) is 0 Å². The van der Waals surface area contributed by atoms with E-state index in [0.29, 0.717) is 5.92 Å². The number of ether oxygens (including phenoxy) is 1. The van der Waals surface area contributed by atoms with Gasteiger partial charge in [-0.05, 0) is 56.8 Å². The van der Waals surface area contributed by atoms with Gasteiger partial charge >= 0.3 is 0 Å². The molecule has 7 heteroatoms. The number of amides is 1. The zero-order valence-electron chi connectivity index (χ0n) is 16.1. The Labute approximate surface area is 175 Å². The van der Waals surface area contributed by atoms with Crippen molar-refractivity contribution in [3.63, 3.8) is 0 Å². The Kier molecular flexibility index (Phi) is 10.6. The van der Waals surface area contributed by atoms with Gasteiger partial charge in [0.05, 0.1) is 0 Å². The van der Waals surface area contributed by atoms with Gasteiger partial charge in [-0.25, -0.2) is 0 Å². The molecule has 1 aromatic rings. The third-order valence-corrected chi connectivity index (χ3v) is 5.70. The van der Waals surface area contributed by atoms with Crippen LogP contribution in [0.15, 0.2) is 30.3 Å². The number of hydrogen-bond acceptors (Lipinski definition) is 4. The topological polar surface area (TPSA) is 53.6 Å². The molecule has 1 aromatic carbocycles. The SMILES string of the molecule is COC1(C(=O)NCC2CCN(CCc3ccccc3)C2)CCNCC1.Cl.Cl. The number of piperidine rings is 1. The molecule has 0 radical (unpaired) electrons. The number of benzene rings is 1. The number of nitrogens with one attached hydrogen (secondary N) is 2. The first-order valence-corrected chi connectivity index (χ1v) is 9.52. The number of halogens is 2. The number of carbonyl (C=O) groups is 1. The molecule has 2 heterocycles. The van der Waals surface area contributed by atoms with Gasteiger partial charge in [0, 0.05) is 26.7 Å². The lowest BCUT2D eigenvalue weighted by Gasteiger charge is -2.35. The van der Waals surface area contributed by atoms with E-state index < -0.39 is 5.60 Å².